The highest BCUT2D eigenvalue weighted by atomic mass is 35.5. The first kappa shape index (κ1) is 12.9. The molecule has 1 aromatic rings. The summed E-state index contributed by atoms with van der Waals surface area (Å²) in [4.78, 5) is 0. The summed E-state index contributed by atoms with van der Waals surface area (Å²) in [7, 11) is 3.32. The molecular weight excluding hydrogens is 224 g/mol. The van der Waals surface area contributed by atoms with Crippen molar-refractivity contribution in [3.8, 4) is 11.5 Å². The highest BCUT2D eigenvalue weighted by Gasteiger charge is 2.06. The molecule has 0 aliphatic rings. The molecule has 3 heteroatoms. The van der Waals surface area contributed by atoms with Gasteiger partial charge < -0.3 is 9.47 Å². The molecule has 0 unspecified atom stereocenters. The quantitative estimate of drug-likeness (QED) is 0.730. The van der Waals surface area contributed by atoms with Crippen LogP contribution in [-0.2, 0) is 0 Å². The normalized spacial score (nSPS) is 11.4. The minimum atomic E-state index is 0.629. The van der Waals surface area contributed by atoms with Gasteiger partial charge in [-0.25, -0.2) is 0 Å². The molecule has 0 aromatic heterocycles. The summed E-state index contributed by atoms with van der Waals surface area (Å²) in [6.07, 6.45) is 2.96. The van der Waals surface area contributed by atoms with Crippen molar-refractivity contribution in [2.24, 2.45) is 0 Å². The first-order valence-corrected chi connectivity index (χ1v) is 5.71. The Kier molecular flexibility index (Phi) is 5.20. The third kappa shape index (κ3) is 3.17. The molecular formula is C13H17ClO2. The second-order valence-corrected chi connectivity index (χ2v) is 3.81. The minimum absolute atomic E-state index is 0.629. The van der Waals surface area contributed by atoms with Crippen molar-refractivity contribution in [1.82, 2.24) is 0 Å². The number of benzene rings is 1. The predicted molar refractivity (Wildman–Crippen MR) is 68.5 cm³/mol. The van der Waals surface area contributed by atoms with Gasteiger partial charge in [0.05, 0.1) is 14.2 Å². The molecule has 0 fully saturated rings. The third-order valence-corrected chi connectivity index (χ3v) is 2.61. The second kappa shape index (κ2) is 6.44. The number of ether oxygens (including phenoxy) is 2. The molecule has 1 aromatic carbocycles. The van der Waals surface area contributed by atoms with Gasteiger partial charge in [0, 0.05) is 11.4 Å². The molecule has 0 N–H and O–H groups in total. The van der Waals surface area contributed by atoms with E-state index in [4.69, 9.17) is 21.1 Å². The topological polar surface area (TPSA) is 18.5 Å². The summed E-state index contributed by atoms with van der Waals surface area (Å²) < 4.78 is 10.5. The van der Waals surface area contributed by atoms with E-state index in [0.29, 0.717) is 5.88 Å². The lowest BCUT2D eigenvalue weighted by atomic mass is 10.0. The summed E-state index contributed by atoms with van der Waals surface area (Å²) in [5.74, 6) is 2.31. The van der Waals surface area contributed by atoms with Crippen molar-refractivity contribution in [3.63, 3.8) is 0 Å². The Labute approximate surface area is 102 Å². The third-order valence-electron chi connectivity index (χ3n) is 2.39. The van der Waals surface area contributed by atoms with Crippen LogP contribution in [-0.4, -0.2) is 20.1 Å². The van der Waals surface area contributed by atoms with Crippen LogP contribution in [0.2, 0.25) is 0 Å². The van der Waals surface area contributed by atoms with Crippen molar-refractivity contribution in [2.75, 3.05) is 20.1 Å². The maximum absolute atomic E-state index is 5.66. The standard InChI is InChI=1S/C13H17ClO2/c1-10(5-4-8-14)12-9-11(15-2)6-7-13(12)16-3/h5-7,9H,4,8H2,1-3H3/b10-5+. The zero-order valence-electron chi connectivity index (χ0n) is 9.92. The van der Waals surface area contributed by atoms with Crippen LogP contribution in [0.25, 0.3) is 5.57 Å². The zero-order valence-corrected chi connectivity index (χ0v) is 10.7. The summed E-state index contributed by atoms with van der Waals surface area (Å²) >= 11 is 5.66. The first-order chi connectivity index (χ1) is 7.72. The lowest BCUT2D eigenvalue weighted by molar-refractivity contribution is 0.402. The largest absolute Gasteiger partial charge is 0.497 e. The molecule has 0 aliphatic heterocycles. The van der Waals surface area contributed by atoms with Crippen molar-refractivity contribution < 1.29 is 9.47 Å². The molecule has 1 rings (SSSR count). The molecule has 0 saturated carbocycles. The van der Waals surface area contributed by atoms with Crippen LogP contribution in [0, 0.1) is 0 Å². The molecule has 16 heavy (non-hydrogen) atoms. The monoisotopic (exact) mass is 240 g/mol. The highest BCUT2D eigenvalue weighted by molar-refractivity contribution is 6.17. The zero-order chi connectivity index (χ0) is 12.0. The van der Waals surface area contributed by atoms with Gasteiger partial charge in [-0.2, -0.15) is 0 Å². The number of rotatable bonds is 5. The van der Waals surface area contributed by atoms with Gasteiger partial charge in [-0.15, -0.1) is 11.6 Å². The summed E-state index contributed by atoms with van der Waals surface area (Å²) in [5, 5.41) is 0. The second-order valence-electron chi connectivity index (χ2n) is 3.43. The van der Waals surface area contributed by atoms with E-state index in [2.05, 4.69) is 6.08 Å². The van der Waals surface area contributed by atoms with Crippen LogP contribution >= 0.6 is 11.6 Å². The number of allylic oxidation sites excluding steroid dienone is 2. The fourth-order valence-electron chi connectivity index (χ4n) is 1.50. The number of halogens is 1. The van der Waals surface area contributed by atoms with Crippen molar-refractivity contribution in [3.05, 3.63) is 29.8 Å². The molecule has 0 saturated heterocycles. The maximum Gasteiger partial charge on any atom is 0.126 e. The van der Waals surface area contributed by atoms with Gasteiger partial charge >= 0.3 is 0 Å². The van der Waals surface area contributed by atoms with Crippen LogP contribution in [0.5, 0.6) is 11.5 Å². The fourth-order valence-corrected chi connectivity index (χ4v) is 1.61. The van der Waals surface area contributed by atoms with E-state index in [0.717, 1.165) is 29.1 Å². The van der Waals surface area contributed by atoms with E-state index in [1.54, 1.807) is 14.2 Å². The average Bonchev–Trinajstić information content (AvgIpc) is 2.35. The van der Waals surface area contributed by atoms with Gasteiger partial charge in [0.15, 0.2) is 0 Å². The minimum Gasteiger partial charge on any atom is -0.497 e. The highest BCUT2D eigenvalue weighted by Crippen LogP contribution is 2.29. The van der Waals surface area contributed by atoms with Gasteiger partial charge in [0.25, 0.3) is 0 Å². The van der Waals surface area contributed by atoms with E-state index in [1.807, 2.05) is 25.1 Å². The van der Waals surface area contributed by atoms with E-state index < -0.39 is 0 Å². The average molecular weight is 241 g/mol. The van der Waals surface area contributed by atoms with E-state index in [1.165, 1.54) is 0 Å². The molecule has 88 valence electrons. The number of hydrogen-bond donors (Lipinski definition) is 0. The smallest absolute Gasteiger partial charge is 0.126 e. The Morgan fingerprint density at radius 3 is 2.62 bits per heavy atom. The fraction of sp³-hybridized carbons (Fsp3) is 0.385. The van der Waals surface area contributed by atoms with Crippen LogP contribution < -0.4 is 9.47 Å². The summed E-state index contributed by atoms with van der Waals surface area (Å²) in [5.41, 5.74) is 2.20. The Balaban J connectivity index is 3.07. The van der Waals surface area contributed by atoms with Gasteiger partial charge in [0.2, 0.25) is 0 Å². The first-order valence-electron chi connectivity index (χ1n) is 5.18. The van der Waals surface area contributed by atoms with E-state index in [9.17, 15) is 0 Å². The van der Waals surface area contributed by atoms with Gasteiger partial charge in [-0.3, -0.25) is 0 Å². The van der Waals surface area contributed by atoms with Crippen molar-refractivity contribution in [2.45, 2.75) is 13.3 Å². The van der Waals surface area contributed by atoms with Gasteiger partial charge in [-0.05, 0) is 37.1 Å². The number of hydrogen-bond acceptors (Lipinski definition) is 2. The van der Waals surface area contributed by atoms with Crippen LogP contribution in [0.4, 0.5) is 0 Å². The SMILES string of the molecule is COc1ccc(OC)c(/C(C)=C/CCCl)c1. The van der Waals surface area contributed by atoms with Gasteiger partial charge in [-0.1, -0.05) is 6.08 Å². The molecule has 0 heterocycles. The van der Waals surface area contributed by atoms with Crippen LogP contribution in [0.15, 0.2) is 24.3 Å². The molecule has 0 spiro atoms. The predicted octanol–water partition coefficient (Wildman–Crippen LogP) is 3.74. The molecule has 0 aliphatic carbocycles. The molecule has 0 amide bonds. The summed E-state index contributed by atoms with van der Waals surface area (Å²) in [6.45, 7) is 2.05. The van der Waals surface area contributed by atoms with Crippen molar-refractivity contribution in [1.29, 1.82) is 0 Å². The van der Waals surface area contributed by atoms with Crippen LogP contribution in [0.3, 0.4) is 0 Å². The Morgan fingerprint density at radius 1 is 1.31 bits per heavy atom. The van der Waals surface area contributed by atoms with E-state index >= 15 is 0 Å². The maximum atomic E-state index is 5.66. The Bertz CT molecular complexity index is 372. The molecule has 0 bridgehead atoms. The molecule has 0 radical (unpaired) electrons. The Morgan fingerprint density at radius 2 is 2.06 bits per heavy atom. The summed E-state index contributed by atoms with van der Waals surface area (Å²) in [6, 6.07) is 5.77. The number of alkyl halides is 1. The van der Waals surface area contributed by atoms with E-state index in [-0.39, 0.29) is 0 Å². The van der Waals surface area contributed by atoms with Gasteiger partial charge in [0.1, 0.15) is 11.5 Å². The van der Waals surface area contributed by atoms with Crippen LogP contribution in [0.1, 0.15) is 18.9 Å². The molecule has 2 nitrogen and oxygen atoms in total. The Hall–Kier alpha value is -1.15. The lowest BCUT2D eigenvalue weighted by Gasteiger charge is -2.10. The molecule has 0 atom stereocenters. The lowest BCUT2D eigenvalue weighted by Crippen LogP contribution is -1.92. The van der Waals surface area contributed by atoms with Crippen molar-refractivity contribution >= 4 is 17.2 Å². The number of methoxy groups -OCH3 is 2.